The lowest BCUT2D eigenvalue weighted by Crippen LogP contribution is -2.20. The molecule has 17 heavy (non-hydrogen) atoms. The summed E-state index contributed by atoms with van der Waals surface area (Å²) in [5.74, 6) is -0.559. The molecule has 0 radical (unpaired) electrons. The molecular formula is C11H15N3O3. The molecular weight excluding hydrogens is 222 g/mol. The molecule has 1 aromatic heterocycles. The van der Waals surface area contributed by atoms with Gasteiger partial charge in [-0.2, -0.15) is 0 Å². The van der Waals surface area contributed by atoms with Crippen molar-refractivity contribution in [3.63, 3.8) is 0 Å². The van der Waals surface area contributed by atoms with Crippen molar-refractivity contribution < 1.29 is 14.6 Å². The van der Waals surface area contributed by atoms with Crippen molar-refractivity contribution in [2.24, 2.45) is 0 Å². The molecule has 2 rings (SSSR count). The lowest BCUT2D eigenvalue weighted by molar-refractivity contribution is 0.0695. The second kappa shape index (κ2) is 5.09. The van der Waals surface area contributed by atoms with Crippen LogP contribution in [0.3, 0.4) is 0 Å². The molecule has 1 aliphatic rings. The Labute approximate surface area is 99.0 Å². The molecule has 0 amide bonds. The van der Waals surface area contributed by atoms with Gasteiger partial charge in [-0.25, -0.2) is 14.8 Å². The largest absolute Gasteiger partial charge is 0.478 e. The van der Waals surface area contributed by atoms with Crippen LogP contribution in [0.2, 0.25) is 0 Å². The summed E-state index contributed by atoms with van der Waals surface area (Å²) in [6, 6.07) is 0. The molecule has 2 N–H and O–H groups in total. The maximum absolute atomic E-state index is 10.8. The van der Waals surface area contributed by atoms with Crippen LogP contribution in [0.15, 0.2) is 6.20 Å². The number of carboxylic acids is 1. The van der Waals surface area contributed by atoms with Crippen molar-refractivity contribution in [3.05, 3.63) is 17.5 Å². The second-order valence-electron chi connectivity index (χ2n) is 4.01. The quantitative estimate of drug-likeness (QED) is 0.815. The number of aromatic carboxylic acids is 1. The fourth-order valence-corrected chi connectivity index (χ4v) is 1.77. The number of aromatic nitrogens is 2. The summed E-state index contributed by atoms with van der Waals surface area (Å²) >= 11 is 0. The summed E-state index contributed by atoms with van der Waals surface area (Å²) in [6.45, 7) is 3.12. The minimum absolute atomic E-state index is 0.132. The number of hydrogen-bond donors (Lipinski definition) is 2. The molecule has 6 heteroatoms. The fourth-order valence-electron chi connectivity index (χ4n) is 1.77. The molecule has 92 valence electrons. The highest BCUT2D eigenvalue weighted by Crippen LogP contribution is 2.13. The molecule has 1 saturated heterocycles. The van der Waals surface area contributed by atoms with E-state index >= 15 is 0 Å². The monoisotopic (exact) mass is 237 g/mol. The number of aryl methyl sites for hydroxylation is 1. The first kappa shape index (κ1) is 11.8. The Morgan fingerprint density at radius 1 is 1.71 bits per heavy atom. The summed E-state index contributed by atoms with van der Waals surface area (Å²) in [5.41, 5.74) is 0.593. The number of ether oxygens (including phenoxy) is 1. The molecule has 0 aliphatic carbocycles. The van der Waals surface area contributed by atoms with E-state index in [1.165, 1.54) is 6.20 Å². The van der Waals surface area contributed by atoms with Gasteiger partial charge in [0.25, 0.3) is 0 Å². The van der Waals surface area contributed by atoms with Crippen LogP contribution in [0.25, 0.3) is 0 Å². The van der Waals surface area contributed by atoms with E-state index in [0.29, 0.717) is 18.2 Å². The van der Waals surface area contributed by atoms with E-state index in [9.17, 15) is 4.79 Å². The average molecular weight is 237 g/mol. The van der Waals surface area contributed by atoms with Gasteiger partial charge in [0, 0.05) is 19.3 Å². The van der Waals surface area contributed by atoms with Crippen LogP contribution in [0, 0.1) is 6.92 Å². The van der Waals surface area contributed by atoms with Gasteiger partial charge in [-0.1, -0.05) is 0 Å². The van der Waals surface area contributed by atoms with Gasteiger partial charge in [0.1, 0.15) is 0 Å². The van der Waals surface area contributed by atoms with E-state index in [0.717, 1.165) is 19.4 Å². The third kappa shape index (κ3) is 2.91. The highest BCUT2D eigenvalue weighted by atomic mass is 16.5. The van der Waals surface area contributed by atoms with Crippen LogP contribution in [0.4, 0.5) is 5.95 Å². The number of anilines is 1. The zero-order valence-electron chi connectivity index (χ0n) is 9.64. The van der Waals surface area contributed by atoms with Gasteiger partial charge in [-0.05, 0) is 19.8 Å². The summed E-state index contributed by atoms with van der Waals surface area (Å²) < 4.78 is 5.45. The zero-order valence-corrected chi connectivity index (χ0v) is 9.64. The molecule has 1 fully saturated rings. The van der Waals surface area contributed by atoms with Crippen molar-refractivity contribution in [3.8, 4) is 0 Å². The summed E-state index contributed by atoms with van der Waals surface area (Å²) in [4.78, 5) is 18.8. The van der Waals surface area contributed by atoms with Crippen LogP contribution in [-0.2, 0) is 4.74 Å². The van der Waals surface area contributed by atoms with E-state index < -0.39 is 5.97 Å². The first-order chi connectivity index (χ1) is 8.16. The number of rotatable bonds is 4. The third-order valence-corrected chi connectivity index (χ3v) is 2.72. The summed E-state index contributed by atoms with van der Waals surface area (Å²) in [6.07, 6.45) is 3.66. The Hall–Kier alpha value is -1.69. The number of carboxylic acid groups (broad SMARTS) is 1. The van der Waals surface area contributed by atoms with Gasteiger partial charge in [0.2, 0.25) is 5.95 Å². The first-order valence-corrected chi connectivity index (χ1v) is 5.59. The molecule has 0 spiro atoms. The second-order valence-corrected chi connectivity index (χ2v) is 4.01. The first-order valence-electron chi connectivity index (χ1n) is 5.59. The standard InChI is InChI=1S/C11H15N3O3/c1-7-9(10(15)16)6-13-11(14-7)12-5-8-3-2-4-17-8/h6,8H,2-5H2,1H3,(H,15,16)(H,12,13,14). The SMILES string of the molecule is Cc1nc(NCC2CCCO2)ncc1C(=O)O. The molecule has 0 saturated carbocycles. The lowest BCUT2D eigenvalue weighted by atomic mass is 10.2. The van der Waals surface area contributed by atoms with Gasteiger partial charge in [-0.15, -0.1) is 0 Å². The molecule has 2 heterocycles. The van der Waals surface area contributed by atoms with E-state index in [2.05, 4.69) is 15.3 Å². The predicted molar refractivity (Wildman–Crippen MR) is 61.2 cm³/mol. The van der Waals surface area contributed by atoms with Gasteiger partial charge < -0.3 is 15.2 Å². The lowest BCUT2D eigenvalue weighted by Gasteiger charge is -2.11. The Morgan fingerprint density at radius 2 is 2.53 bits per heavy atom. The van der Waals surface area contributed by atoms with Crippen LogP contribution in [0.5, 0.6) is 0 Å². The van der Waals surface area contributed by atoms with E-state index in [1.807, 2.05) is 0 Å². The van der Waals surface area contributed by atoms with Crippen molar-refractivity contribution in [2.45, 2.75) is 25.9 Å². The Kier molecular flexibility index (Phi) is 3.53. The zero-order chi connectivity index (χ0) is 12.3. The number of carbonyl (C=O) groups is 1. The van der Waals surface area contributed by atoms with E-state index in [4.69, 9.17) is 9.84 Å². The van der Waals surface area contributed by atoms with Crippen LogP contribution >= 0.6 is 0 Å². The smallest absolute Gasteiger partial charge is 0.339 e. The molecule has 0 aromatic carbocycles. The Balaban J connectivity index is 1.97. The average Bonchev–Trinajstić information content (AvgIpc) is 2.78. The Bertz CT molecular complexity index is 416. The summed E-state index contributed by atoms with van der Waals surface area (Å²) in [5, 5.41) is 11.9. The fraction of sp³-hybridized carbons (Fsp3) is 0.545. The summed E-state index contributed by atoms with van der Waals surface area (Å²) in [7, 11) is 0. The number of hydrogen-bond acceptors (Lipinski definition) is 5. The van der Waals surface area contributed by atoms with Gasteiger partial charge in [0.15, 0.2) is 0 Å². The van der Waals surface area contributed by atoms with Crippen LogP contribution < -0.4 is 5.32 Å². The van der Waals surface area contributed by atoms with E-state index in [-0.39, 0.29) is 11.7 Å². The number of nitrogens with zero attached hydrogens (tertiary/aromatic N) is 2. The minimum atomic E-state index is -1.01. The molecule has 1 aromatic rings. The molecule has 1 unspecified atom stereocenters. The third-order valence-electron chi connectivity index (χ3n) is 2.72. The minimum Gasteiger partial charge on any atom is -0.478 e. The van der Waals surface area contributed by atoms with Gasteiger partial charge in [0.05, 0.1) is 17.4 Å². The topological polar surface area (TPSA) is 84.3 Å². The highest BCUT2D eigenvalue weighted by molar-refractivity contribution is 5.88. The van der Waals surface area contributed by atoms with Crippen LogP contribution in [0.1, 0.15) is 28.9 Å². The van der Waals surface area contributed by atoms with Crippen LogP contribution in [-0.4, -0.2) is 40.3 Å². The molecule has 0 bridgehead atoms. The van der Waals surface area contributed by atoms with Gasteiger partial charge in [-0.3, -0.25) is 0 Å². The maximum atomic E-state index is 10.8. The predicted octanol–water partition coefficient (Wildman–Crippen LogP) is 1.07. The van der Waals surface area contributed by atoms with E-state index in [1.54, 1.807) is 6.92 Å². The van der Waals surface area contributed by atoms with Gasteiger partial charge >= 0.3 is 5.97 Å². The normalized spacial score (nSPS) is 19.2. The van der Waals surface area contributed by atoms with Crippen molar-refractivity contribution in [1.29, 1.82) is 0 Å². The highest BCUT2D eigenvalue weighted by Gasteiger charge is 2.16. The molecule has 6 nitrogen and oxygen atoms in total. The molecule has 1 atom stereocenters. The maximum Gasteiger partial charge on any atom is 0.339 e. The van der Waals surface area contributed by atoms with Crippen molar-refractivity contribution >= 4 is 11.9 Å². The van der Waals surface area contributed by atoms with Crippen molar-refractivity contribution in [1.82, 2.24) is 9.97 Å². The van der Waals surface area contributed by atoms with Crippen molar-refractivity contribution in [2.75, 3.05) is 18.5 Å². The Morgan fingerprint density at radius 3 is 3.12 bits per heavy atom. The number of nitrogens with one attached hydrogen (secondary N) is 1. The molecule has 1 aliphatic heterocycles.